The summed E-state index contributed by atoms with van der Waals surface area (Å²) in [7, 11) is 4.12. The van der Waals surface area contributed by atoms with Gasteiger partial charge in [-0.05, 0) is 68.5 Å². The van der Waals surface area contributed by atoms with E-state index in [1.165, 1.54) is 45.1 Å². The van der Waals surface area contributed by atoms with Gasteiger partial charge in [-0.15, -0.1) is 0 Å². The number of piperidine rings is 1. The highest BCUT2D eigenvalue weighted by Gasteiger charge is 2.53. The SMILES string of the molecule is COc1ccc2c(c1)[C@@]13CCCC[C@H]1[C@H](C2)N(C)CC3. The van der Waals surface area contributed by atoms with Gasteiger partial charge in [0.05, 0.1) is 7.11 Å². The molecular formula is C18H25NO. The van der Waals surface area contributed by atoms with Gasteiger partial charge in [-0.25, -0.2) is 0 Å². The van der Waals surface area contributed by atoms with Crippen LogP contribution in [-0.4, -0.2) is 31.6 Å². The fraction of sp³-hybridized carbons (Fsp3) is 0.667. The molecule has 0 amide bonds. The lowest BCUT2D eigenvalue weighted by Crippen LogP contribution is -2.59. The minimum Gasteiger partial charge on any atom is -0.497 e. The van der Waals surface area contributed by atoms with Gasteiger partial charge in [0, 0.05) is 11.5 Å². The third-order valence-electron chi connectivity index (χ3n) is 6.32. The molecule has 0 unspecified atom stereocenters. The van der Waals surface area contributed by atoms with Gasteiger partial charge >= 0.3 is 0 Å². The number of nitrogens with zero attached hydrogens (tertiary/aromatic N) is 1. The molecule has 2 heteroatoms. The Labute approximate surface area is 122 Å². The van der Waals surface area contributed by atoms with E-state index in [-0.39, 0.29) is 0 Å². The van der Waals surface area contributed by atoms with Crippen LogP contribution in [0.15, 0.2) is 18.2 Å². The molecule has 0 radical (unpaired) electrons. The van der Waals surface area contributed by atoms with E-state index in [1.807, 2.05) is 0 Å². The normalized spacial score (nSPS) is 36.1. The second-order valence-electron chi connectivity index (χ2n) is 7.03. The molecule has 0 N–H and O–H groups in total. The van der Waals surface area contributed by atoms with E-state index in [1.54, 1.807) is 18.2 Å². The monoisotopic (exact) mass is 271 g/mol. The molecule has 1 aliphatic heterocycles. The minimum absolute atomic E-state index is 0.456. The summed E-state index contributed by atoms with van der Waals surface area (Å²) >= 11 is 0. The summed E-state index contributed by atoms with van der Waals surface area (Å²) in [6.45, 7) is 1.26. The maximum absolute atomic E-state index is 5.51. The fourth-order valence-corrected chi connectivity index (χ4v) is 5.30. The van der Waals surface area contributed by atoms with Crippen molar-refractivity contribution in [1.29, 1.82) is 0 Å². The van der Waals surface area contributed by atoms with Gasteiger partial charge in [0.2, 0.25) is 0 Å². The Balaban J connectivity index is 1.88. The summed E-state index contributed by atoms with van der Waals surface area (Å²) in [6.07, 6.45) is 8.22. The van der Waals surface area contributed by atoms with E-state index in [4.69, 9.17) is 4.74 Å². The summed E-state index contributed by atoms with van der Waals surface area (Å²) in [6, 6.07) is 7.60. The molecule has 0 spiro atoms. The Kier molecular flexibility index (Phi) is 2.85. The molecule has 3 aliphatic rings. The number of benzene rings is 1. The molecule has 1 aromatic carbocycles. The lowest BCUT2D eigenvalue weighted by Gasteiger charge is -2.58. The smallest absolute Gasteiger partial charge is 0.119 e. The number of hydrogen-bond acceptors (Lipinski definition) is 2. The Morgan fingerprint density at radius 3 is 3.00 bits per heavy atom. The van der Waals surface area contributed by atoms with Crippen molar-refractivity contribution in [1.82, 2.24) is 4.90 Å². The highest BCUT2D eigenvalue weighted by Crippen LogP contribution is 2.55. The number of rotatable bonds is 1. The average molecular weight is 271 g/mol. The zero-order valence-corrected chi connectivity index (χ0v) is 12.7. The van der Waals surface area contributed by atoms with Crippen LogP contribution in [0.2, 0.25) is 0 Å². The van der Waals surface area contributed by atoms with Crippen LogP contribution >= 0.6 is 0 Å². The number of likely N-dealkylation sites (tertiary alicyclic amines) is 1. The predicted molar refractivity (Wildman–Crippen MR) is 81.4 cm³/mol. The molecule has 3 atom stereocenters. The van der Waals surface area contributed by atoms with Crippen LogP contribution in [0.5, 0.6) is 5.75 Å². The van der Waals surface area contributed by atoms with Crippen molar-refractivity contribution < 1.29 is 4.74 Å². The molecule has 2 aliphatic carbocycles. The third-order valence-corrected chi connectivity index (χ3v) is 6.32. The summed E-state index contributed by atoms with van der Waals surface area (Å²) in [4.78, 5) is 2.63. The van der Waals surface area contributed by atoms with Crippen LogP contribution in [0, 0.1) is 5.92 Å². The number of fused-ring (bicyclic) bond motifs is 1. The van der Waals surface area contributed by atoms with Crippen molar-refractivity contribution in [2.45, 2.75) is 50.0 Å². The molecule has 1 aromatic rings. The zero-order chi connectivity index (χ0) is 13.7. The highest BCUT2D eigenvalue weighted by atomic mass is 16.5. The average Bonchev–Trinajstić information content (AvgIpc) is 2.50. The molecule has 2 nitrogen and oxygen atoms in total. The van der Waals surface area contributed by atoms with Crippen LogP contribution in [0.4, 0.5) is 0 Å². The van der Waals surface area contributed by atoms with Crippen LogP contribution in [0.3, 0.4) is 0 Å². The summed E-state index contributed by atoms with van der Waals surface area (Å²) in [5.74, 6) is 1.91. The van der Waals surface area contributed by atoms with Crippen molar-refractivity contribution in [2.75, 3.05) is 20.7 Å². The van der Waals surface area contributed by atoms with Gasteiger partial charge in [-0.2, -0.15) is 0 Å². The molecule has 4 rings (SSSR count). The van der Waals surface area contributed by atoms with Crippen molar-refractivity contribution in [3.05, 3.63) is 29.3 Å². The zero-order valence-electron chi connectivity index (χ0n) is 12.7. The van der Waals surface area contributed by atoms with Crippen LogP contribution in [0.25, 0.3) is 0 Å². The van der Waals surface area contributed by atoms with Crippen molar-refractivity contribution >= 4 is 0 Å². The largest absolute Gasteiger partial charge is 0.497 e. The number of likely N-dealkylation sites (N-methyl/N-ethyl adjacent to an activating group) is 1. The second-order valence-corrected chi connectivity index (χ2v) is 7.03. The molecule has 20 heavy (non-hydrogen) atoms. The lowest BCUT2D eigenvalue weighted by atomic mass is 9.52. The highest BCUT2D eigenvalue weighted by molar-refractivity contribution is 5.45. The Bertz CT molecular complexity index is 526. The summed E-state index contributed by atoms with van der Waals surface area (Å²) in [5, 5.41) is 0. The van der Waals surface area contributed by atoms with Gasteiger partial charge in [-0.1, -0.05) is 18.9 Å². The van der Waals surface area contributed by atoms with E-state index in [0.717, 1.165) is 17.7 Å². The van der Waals surface area contributed by atoms with Crippen LogP contribution < -0.4 is 4.74 Å². The lowest BCUT2D eigenvalue weighted by molar-refractivity contribution is 0.00274. The van der Waals surface area contributed by atoms with E-state index < -0.39 is 0 Å². The summed E-state index contributed by atoms with van der Waals surface area (Å²) in [5.41, 5.74) is 3.67. The minimum atomic E-state index is 0.456. The Hall–Kier alpha value is -1.02. The quantitative estimate of drug-likeness (QED) is 0.776. The van der Waals surface area contributed by atoms with E-state index in [0.29, 0.717) is 5.41 Å². The molecule has 2 fully saturated rings. The van der Waals surface area contributed by atoms with E-state index in [2.05, 4.69) is 30.1 Å². The van der Waals surface area contributed by atoms with Crippen LogP contribution in [0.1, 0.15) is 43.2 Å². The van der Waals surface area contributed by atoms with Gasteiger partial charge < -0.3 is 9.64 Å². The number of hydrogen-bond donors (Lipinski definition) is 0. The maximum atomic E-state index is 5.51. The van der Waals surface area contributed by atoms with E-state index in [9.17, 15) is 0 Å². The van der Waals surface area contributed by atoms with Gasteiger partial charge in [0.1, 0.15) is 5.75 Å². The van der Waals surface area contributed by atoms with Crippen LogP contribution in [-0.2, 0) is 11.8 Å². The first-order valence-corrected chi connectivity index (χ1v) is 8.12. The Morgan fingerprint density at radius 1 is 1.25 bits per heavy atom. The number of ether oxygens (including phenoxy) is 1. The van der Waals surface area contributed by atoms with Crippen molar-refractivity contribution in [3.8, 4) is 5.75 Å². The molecule has 0 aromatic heterocycles. The molecule has 1 saturated carbocycles. The standard InChI is InChI=1S/C18H25NO/c1-19-10-9-18-8-4-3-5-15(18)17(19)11-13-6-7-14(20-2)12-16(13)18/h6-7,12,15,17H,3-5,8-11H2,1-2H3/t15-,17-,18+/m0/s1. The first-order valence-electron chi connectivity index (χ1n) is 8.12. The first kappa shape index (κ1) is 12.7. The van der Waals surface area contributed by atoms with Gasteiger partial charge in [-0.3, -0.25) is 0 Å². The second kappa shape index (κ2) is 4.49. The molecule has 1 saturated heterocycles. The molecule has 108 valence electrons. The Morgan fingerprint density at radius 2 is 2.15 bits per heavy atom. The number of methoxy groups -OCH3 is 1. The molecule has 1 heterocycles. The maximum Gasteiger partial charge on any atom is 0.119 e. The summed E-state index contributed by atoms with van der Waals surface area (Å²) < 4.78 is 5.51. The first-order chi connectivity index (χ1) is 9.74. The third kappa shape index (κ3) is 1.60. The molecule has 2 bridgehead atoms. The topological polar surface area (TPSA) is 12.5 Å². The van der Waals surface area contributed by atoms with Crippen molar-refractivity contribution in [2.24, 2.45) is 5.92 Å². The van der Waals surface area contributed by atoms with Crippen molar-refractivity contribution in [3.63, 3.8) is 0 Å². The van der Waals surface area contributed by atoms with E-state index >= 15 is 0 Å². The fourth-order valence-electron chi connectivity index (χ4n) is 5.30. The predicted octanol–water partition coefficient (Wildman–Crippen LogP) is 3.38. The van der Waals surface area contributed by atoms with Gasteiger partial charge in [0.25, 0.3) is 0 Å². The van der Waals surface area contributed by atoms with Gasteiger partial charge in [0.15, 0.2) is 0 Å². The molecular weight excluding hydrogens is 246 g/mol.